The molecular formula is C12H25Cl2N3O. The van der Waals surface area contributed by atoms with Crippen molar-refractivity contribution in [3.05, 3.63) is 0 Å². The lowest BCUT2D eigenvalue weighted by Gasteiger charge is -2.35. The average Bonchev–Trinajstić information content (AvgIpc) is 2.30. The van der Waals surface area contributed by atoms with Crippen LogP contribution in [0.4, 0.5) is 0 Å². The number of carbonyl (C=O) groups excluding carboxylic acids is 1. The van der Waals surface area contributed by atoms with Crippen molar-refractivity contribution in [2.75, 3.05) is 33.2 Å². The zero-order valence-corrected chi connectivity index (χ0v) is 12.6. The zero-order chi connectivity index (χ0) is 11.5. The van der Waals surface area contributed by atoms with Crippen LogP contribution in [-0.2, 0) is 4.79 Å². The van der Waals surface area contributed by atoms with Gasteiger partial charge in [-0.05, 0) is 45.8 Å². The fourth-order valence-corrected chi connectivity index (χ4v) is 2.63. The summed E-state index contributed by atoms with van der Waals surface area (Å²) in [6, 6.07) is 0.307. The molecule has 0 radical (unpaired) electrons. The van der Waals surface area contributed by atoms with Crippen molar-refractivity contribution in [3.63, 3.8) is 0 Å². The van der Waals surface area contributed by atoms with E-state index in [0.717, 1.165) is 51.9 Å². The number of hydrogen-bond acceptors (Lipinski definition) is 3. The number of halogens is 2. The highest BCUT2D eigenvalue weighted by Crippen LogP contribution is 2.20. The maximum Gasteiger partial charge on any atom is 0.225 e. The summed E-state index contributed by atoms with van der Waals surface area (Å²) in [6.45, 7) is 3.85. The molecule has 0 unspecified atom stereocenters. The maximum absolute atomic E-state index is 12.2. The minimum absolute atomic E-state index is 0. The SMILES string of the molecule is CN1CCC(C(=O)N2CCC(N)CC2)CC1.Cl.Cl. The van der Waals surface area contributed by atoms with E-state index in [1.807, 2.05) is 4.90 Å². The monoisotopic (exact) mass is 297 g/mol. The highest BCUT2D eigenvalue weighted by Gasteiger charge is 2.29. The molecule has 2 aliphatic rings. The van der Waals surface area contributed by atoms with Crippen molar-refractivity contribution in [2.24, 2.45) is 11.7 Å². The Kier molecular flexibility index (Phi) is 8.19. The van der Waals surface area contributed by atoms with Gasteiger partial charge in [-0.3, -0.25) is 4.79 Å². The van der Waals surface area contributed by atoms with Gasteiger partial charge in [0.05, 0.1) is 0 Å². The lowest BCUT2D eigenvalue weighted by molar-refractivity contribution is -0.138. The Morgan fingerprint density at radius 2 is 1.50 bits per heavy atom. The second-order valence-electron chi connectivity index (χ2n) is 5.24. The summed E-state index contributed by atoms with van der Waals surface area (Å²) in [5, 5.41) is 0. The zero-order valence-electron chi connectivity index (χ0n) is 11.0. The van der Waals surface area contributed by atoms with Crippen LogP contribution in [0, 0.1) is 5.92 Å². The molecule has 2 saturated heterocycles. The van der Waals surface area contributed by atoms with Crippen molar-refractivity contribution in [3.8, 4) is 0 Å². The molecule has 2 rings (SSSR count). The third kappa shape index (κ3) is 4.57. The molecule has 0 aromatic carbocycles. The third-order valence-electron chi connectivity index (χ3n) is 3.92. The molecule has 108 valence electrons. The fourth-order valence-electron chi connectivity index (χ4n) is 2.63. The lowest BCUT2D eigenvalue weighted by Crippen LogP contribution is -2.47. The first-order valence-electron chi connectivity index (χ1n) is 6.39. The summed E-state index contributed by atoms with van der Waals surface area (Å²) in [7, 11) is 2.13. The molecule has 0 atom stereocenters. The van der Waals surface area contributed by atoms with Gasteiger partial charge in [-0.25, -0.2) is 0 Å². The standard InChI is InChI=1S/C12H23N3O.2ClH/c1-14-6-2-10(3-7-14)12(16)15-8-4-11(13)5-9-15;;/h10-11H,2-9,13H2,1H3;2*1H. The topological polar surface area (TPSA) is 49.6 Å². The van der Waals surface area contributed by atoms with Crippen LogP contribution in [0.3, 0.4) is 0 Å². The van der Waals surface area contributed by atoms with Gasteiger partial charge in [-0.15, -0.1) is 24.8 Å². The fraction of sp³-hybridized carbons (Fsp3) is 0.917. The van der Waals surface area contributed by atoms with Crippen LogP contribution in [0.5, 0.6) is 0 Å². The van der Waals surface area contributed by atoms with Gasteiger partial charge in [0.25, 0.3) is 0 Å². The Balaban J connectivity index is 0.00000144. The third-order valence-corrected chi connectivity index (χ3v) is 3.92. The van der Waals surface area contributed by atoms with E-state index in [1.54, 1.807) is 0 Å². The number of hydrogen-bond donors (Lipinski definition) is 1. The predicted molar refractivity (Wildman–Crippen MR) is 78.5 cm³/mol. The molecule has 1 amide bonds. The molecule has 0 spiro atoms. The van der Waals surface area contributed by atoms with Crippen molar-refractivity contribution in [1.82, 2.24) is 9.80 Å². The molecule has 4 nitrogen and oxygen atoms in total. The van der Waals surface area contributed by atoms with E-state index in [-0.39, 0.29) is 30.7 Å². The normalized spacial score (nSPS) is 23.1. The number of nitrogens with zero attached hydrogens (tertiary/aromatic N) is 2. The number of piperidine rings is 2. The maximum atomic E-state index is 12.2. The van der Waals surface area contributed by atoms with E-state index < -0.39 is 0 Å². The van der Waals surface area contributed by atoms with E-state index in [0.29, 0.717) is 11.9 Å². The van der Waals surface area contributed by atoms with Gasteiger partial charge in [0.1, 0.15) is 0 Å². The minimum Gasteiger partial charge on any atom is -0.342 e. The molecule has 18 heavy (non-hydrogen) atoms. The predicted octanol–water partition coefficient (Wildman–Crippen LogP) is 1.12. The summed E-state index contributed by atoms with van der Waals surface area (Å²) < 4.78 is 0. The molecule has 2 aliphatic heterocycles. The van der Waals surface area contributed by atoms with E-state index in [2.05, 4.69) is 11.9 Å². The Morgan fingerprint density at radius 3 is 2.00 bits per heavy atom. The summed E-state index contributed by atoms with van der Waals surface area (Å²) in [4.78, 5) is 16.6. The van der Waals surface area contributed by atoms with Crippen LogP contribution < -0.4 is 5.73 Å². The van der Waals surface area contributed by atoms with E-state index >= 15 is 0 Å². The highest BCUT2D eigenvalue weighted by molar-refractivity contribution is 5.85. The van der Waals surface area contributed by atoms with Crippen LogP contribution >= 0.6 is 24.8 Å². The van der Waals surface area contributed by atoms with Gasteiger partial charge in [-0.1, -0.05) is 0 Å². The van der Waals surface area contributed by atoms with Crippen LogP contribution in [0.15, 0.2) is 0 Å². The average molecular weight is 298 g/mol. The van der Waals surface area contributed by atoms with Gasteiger partial charge in [-0.2, -0.15) is 0 Å². The Morgan fingerprint density at radius 1 is 1.00 bits per heavy atom. The number of amides is 1. The van der Waals surface area contributed by atoms with Crippen LogP contribution in [0.1, 0.15) is 25.7 Å². The first kappa shape index (κ1) is 18.0. The molecule has 6 heteroatoms. The van der Waals surface area contributed by atoms with E-state index in [9.17, 15) is 4.79 Å². The van der Waals surface area contributed by atoms with E-state index in [4.69, 9.17) is 5.73 Å². The van der Waals surface area contributed by atoms with Crippen LogP contribution in [0.2, 0.25) is 0 Å². The van der Waals surface area contributed by atoms with Crippen molar-refractivity contribution < 1.29 is 4.79 Å². The van der Waals surface area contributed by atoms with Crippen LogP contribution in [0.25, 0.3) is 0 Å². The first-order valence-corrected chi connectivity index (χ1v) is 6.39. The van der Waals surface area contributed by atoms with Gasteiger partial charge in [0, 0.05) is 25.0 Å². The van der Waals surface area contributed by atoms with Crippen molar-refractivity contribution in [1.29, 1.82) is 0 Å². The summed E-state index contributed by atoms with van der Waals surface area (Å²) in [5.41, 5.74) is 5.85. The molecule has 2 N–H and O–H groups in total. The highest BCUT2D eigenvalue weighted by atomic mass is 35.5. The largest absolute Gasteiger partial charge is 0.342 e. The molecule has 2 fully saturated rings. The second-order valence-corrected chi connectivity index (χ2v) is 5.24. The van der Waals surface area contributed by atoms with Gasteiger partial charge in [0.2, 0.25) is 5.91 Å². The van der Waals surface area contributed by atoms with Gasteiger partial charge in [0.15, 0.2) is 0 Å². The summed E-state index contributed by atoms with van der Waals surface area (Å²) >= 11 is 0. The van der Waals surface area contributed by atoms with Crippen molar-refractivity contribution in [2.45, 2.75) is 31.7 Å². The molecule has 0 aromatic rings. The summed E-state index contributed by atoms with van der Waals surface area (Å²) in [6.07, 6.45) is 3.99. The molecule has 0 aromatic heterocycles. The molecule has 0 aliphatic carbocycles. The Bertz CT molecular complexity index is 226. The second kappa shape index (κ2) is 8.20. The number of likely N-dealkylation sites (tertiary alicyclic amines) is 2. The minimum atomic E-state index is 0. The van der Waals surface area contributed by atoms with Crippen LogP contribution in [-0.4, -0.2) is 55.0 Å². The van der Waals surface area contributed by atoms with Crippen molar-refractivity contribution >= 4 is 30.7 Å². The lowest BCUT2D eigenvalue weighted by atomic mass is 9.94. The van der Waals surface area contributed by atoms with E-state index in [1.165, 1.54) is 0 Å². The molecule has 2 heterocycles. The number of rotatable bonds is 1. The molecule has 0 bridgehead atoms. The molecule has 0 saturated carbocycles. The number of nitrogens with two attached hydrogens (primary N) is 1. The Labute approximate surface area is 122 Å². The quantitative estimate of drug-likeness (QED) is 0.789. The smallest absolute Gasteiger partial charge is 0.225 e. The van der Waals surface area contributed by atoms with Gasteiger partial charge >= 0.3 is 0 Å². The first-order chi connectivity index (χ1) is 7.66. The number of carbonyl (C=O) groups is 1. The summed E-state index contributed by atoms with van der Waals surface area (Å²) in [5.74, 6) is 0.644. The van der Waals surface area contributed by atoms with Gasteiger partial charge < -0.3 is 15.5 Å². The Hall–Kier alpha value is -0.0300. The molecular weight excluding hydrogens is 273 g/mol.